The molecule has 2 atom stereocenters. The molecular formula is C9H11F3N2O2. The largest absolute Gasteiger partial charge is 0.406 e. The molecule has 4 nitrogen and oxygen atoms in total. The fourth-order valence-corrected chi connectivity index (χ4v) is 2.27. The standard InChI is InChI=1S/C9H11F3N2O2/c1-5-2-3-13-6(5)7(15)14(8(13)16)4-9(10,11)12/h5-6H,2-4H2,1H3. The molecule has 0 aliphatic carbocycles. The van der Waals surface area contributed by atoms with Crippen LogP contribution in [0.4, 0.5) is 18.0 Å². The van der Waals surface area contributed by atoms with E-state index in [1.54, 1.807) is 6.92 Å². The zero-order valence-corrected chi connectivity index (χ0v) is 8.62. The quantitative estimate of drug-likeness (QED) is 0.642. The molecule has 0 spiro atoms. The molecule has 2 aliphatic rings. The van der Waals surface area contributed by atoms with Crippen LogP contribution in [0.5, 0.6) is 0 Å². The predicted molar refractivity (Wildman–Crippen MR) is 47.4 cm³/mol. The number of carbonyl (C=O) groups is 2. The summed E-state index contributed by atoms with van der Waals surface area (Å²) in [5.41, 5.74) is 0. The van der Waals surface area contributed by atoms with Gasteiger partial charge < -0.3 is 4.90 Å². The van der Waals surface area contributed by atoms with Gasteiger partial charge in [0.25, 0.3) is 5.91 Å². The van der Waals surface area contributed by atoms with Gasteiger partial charge in [0.1, 0.15) is 12.6 Å². The zero-order valence-electron chi connectivity index (χ0n) is 8.62. The molecule has 2 heterocycles. The second-order valence-corrected chi connectivity index (χ2v) is 4.23. The van der Waals surface area contributed by atoms with Gasteiger partial charge >= 0.3 is 12.2 Å². The summed E-state index contributed by atoms with van der Waals surface area (Å²) < 4.78 is 36.5. The lowest BCUT2D eigenvalue weighted by atomic mass is 10.0. The van der Waals surface area contributed by atoms with Gasteiger partial charge in [-0.2, -0.15) is 13.2 Å². The second-order valence-electron chi connectivity index (χ2n) is 4.23. The Balaban J connectivity index is 2.19. The van der Waals surface area contributed by atoms with Gasteiger partial charge in [0.15, 0.2) is 0 Å². The van der Waals surface area contributed by atoms with Gasteiger partial charge in [0.05, 0.1) is 0 Å². The number of hydrogen-bond acceptors (Lipinski definition) is 2. The van der Waals surface area contributed by atoms with Crippen molar-refractivity contribution >= 4 is 11.9 Å². The number of nitrogens with zero attached hydrogens (tertiary/aromatic N) is 2. The van der Waals surface area contributed by atoms with Gasteiger partial charge in [-0.25, -0.2) is 4.79 Å². The molecule has 2 unspecified atom stereocenters. The normalized spacial score (nSPS) is 30.2. The Bertz CT molecular complexity index is 342. The summed E-state index contributed by atoms with van der Waals surface area (Å²) in [4.78, 5) is 24.7. The first-order valence-electron chi connectivity index (χ1n) is 5.00. The van der Waals surface area contributed by atoms with E-state index in [1.165, 1.54) is 4.90 Å². The first-order chi connectivity index (χ1) is 7.31. The minimum Gasteiger partial charge on any atom is -0.312 e. The molecule has 7 heteroatoms. The van der Waals surface area contributed by atoms with Crippen molar-refractivity contribution in [2.45, 2.75) is 25.6 Å². The maximum atomic E-state index is 12.2. The molecule has 3 amide bonds. The Morgan fingerprint density at radius 1 is 1.38 bits per heavy atom. The van der Waals surface area contributed by atoms with Crippen molar-refractivity contribution in [1.82, 2.24) is 9.80 Å². The van der Waals surface area contributed by atoms with Gasteiger partial charge in [-0.05, 0) is 12.3 Å². The Morgan fingerprint density at radius 3 is 2.50 bits per heavy atom. The lowest BCUT2D eigenvalue weighted by Crippen LogP contribution is -2.40. The van der Waals surface area contributed by atoms with Crippen molar-refractivity contribution < 1.29 is 22.8 Å². The molecule has 0 aromatic rings. The van der Waals surface area contributed by atoms with Gasteiger partial charge in [-0.15, -0.1) is 0 Å². The van der Waals surface area contributed by atoms with Crippen molar-refractivity contribution in [2.24, 2.45) is 5.92 Å². The van der Waals surface area contributed by atoms with E-state index in [-0.39, 0.29) is 5.92 Å². The minimum absolute atomic E-state index is 0.0605. The predicted octanol–water partition coefficient (Wildman–Crippen LogP) is 1.22. The number of fused-ring (bicyclic) bond motifs is 1. The van der Waals surface area contributed by atoms with Gasteiger partial charge in [0, 0.05) is 6.54 Å². The van der Waals surface area contributed by atoms with Crippen LogP contribution in [0, 0.1) is 5.92 Å². The Kier molecular flexibility index (Phi) is 2.36. The smallest absolute Gasteiger partial charge is 0.312 e. The number of halogens is 3. The summed E-state index contributed by atoms with van der Waals surface area (Å²) in [6.45, 7) is 0.655. The number of imide groups is 1. The average molecular weight is 236 g/mol. The highest BCUT2D eigenvalue weighted by Crippen LogP contribution is 2.33. The molecule has 0 radical (unpaired) electrons. The lowest BCUT2D eigenvalue weighted by molar-refractivity contribution is -0.153. The van der Waals surface area contributed by atoms with Crippen molar-refractivity contribution in [2.75, 3.05) is 13.1 Å². The summed E-state index contributed by atoms with van der Waals surface area (Å²) in [6, 6.07) is -1.49. The van der Waals surface area contributed by atoms with E-state index in [2.05, 4.69) is 0 Å². The molecule has 0 saturated carbocycles. The van der Waals surface area contributed by atoms with E-state index in [4.69, 9.17) is 0 Å². The summed E-state index contributed by atoms with van der Waals surface area (Å²) >= 11 is 0. The van der Waals surface area contributed by atoms with Crippen molar-refractivity contribution in [3.8, 4) is 0 Å². The fourth-order valence-electron chi connectivity index (χ4n) is 2.27. The number of hydrogen-bond donors (Lipinski definition) is 0. The highest BCUT2D eigenvalue weighted by Gasteiger charge is 2.53. The molecule has 0 aromatic heterocycles. The van der Waals surface area contributed by atoms with Crippen LogP contribution in [-0.4, -0.2) is 47.0 Å². The van der Waals surface area contributed by atoms with Gasteiger partial charge in [-0.1, -0.05) is 6.92 Å². The first-order valence-corrected chi connectivity index (χ1v) is 5.00. The van der Waals surface area contributed by atoms with E-state index in [1.807, 2.05) is 0 Å². The maximum absolute atomic E-state index is 12.2. The van der Waals surface area contributed by atoms with Crippen LogP contribution in [0.3, 0.4) is 0 Å². The van der Waals surface area contributed by atoms with E-state index in [9.17, 15) is 22.8 Å². The van der Waals surface area contributed by atoms with Gasteiger partial charge in [0.2, 0.25) is 0 Å². The van der Waals surface area contributed by atoms with Crippen LogP contribution >= 0.6 is 0 Å². The van der Waals surface area contributed by atoms with E-state index in [0.717, 1.165) is 0 Å². The van der Waals surface area contributed by atoms with E-state index < -0.39 is 30.7 Å². The van der Waals surface area contributed by atoms with E-state index >= 15 is 0 Å². The van der Waals surface area contributed by atoms with Crippen LogP contribution < -0.4 is 0 Å². The Hall–Kier alpha value is -1.27. The topological polar surface area (TPSA) is 40.6 Å². The van der Waals surface area contributed by atoms with Crippen LogP contribution in [-0.2, 0) is 4.79 Å². The molecule has 90 valence electrons. The van der Waals surface area contributed by atoms with Crippen LogP contribution in [0.25, 0.3) is 0 Å². The number of urea groups is 1. The molecular weight excluding hydrogens is 225 g/mol. The van der Waals surface area contributed by atoms with Gasteiger partial charge in [-0.3, -0.25) is 9.69 Å². The van der Waals surface area contributed by atoms with E-state index in [0.29, 0.717) is 17.9 Å². The van der Waals surface area contributed by atoms with Crippen LogP contribution in [0.2, 0.25) is 0 Å². The summed E-state index contributed by atoms with van der Waals surface area (Å²) in [7, 11) is 0. The highest BCUT2D eigenvalue weighted by molar-refractivity contribution is 6.04. The second kappa shape index (κ2) is 3.36. The molecule has 16 heavy (non-hydrogen) atoms. The molecule has 0 bridgehead atoms. The first kappa shape index (κ1) is 11.2. The molecule has 2 fully saturated rings. The molecule has 0 aromatic carbocycles. The zero-order chi connectivity index (χ0) is 12.1. The van der Waals surface area contributed by atoms with Crippen molar-refractivity contribution in [3.05, 3.63) is 0 Å². The molecule has 0 N–H and O–H groups in total. The Labute approximate surface area is 90.0 Å². The number of carbonyl (C=O) groups excluding carboxylic acids is 2. The third kappa shape index (κ3) is 1.64. The monoisotopic (exact) mass is 236 g/mol. The molecule has 2 saturated heterocycles. The molecule has 2 rings (SSSR count). The number of alkyl halides is 3. The third-order valence-corrected chi connectivity index (χ3v) is 3.03. The fraction of sp³-hybridized carbons (Fsp3) is 0.778. The average Bonchev–Trinajstić information content (AvgIpc) is 2.61. The summed E-state index contributed by atoms with van der Waals surface area (Å²) in [5, 5.41) is 0. The minimum atomic E-state index is -4.53. The number of rotatable bonds is 1. The molecule has 2 aliphatic heterocycles. The lowest BCUT2D eigenvalue weighted by Gasteiger charge is -2.17. The summed E-state index contributed by atoms with van der Waals surface area (Å²) in [6.07, 6.45) is -3.86. The maximum Gasteiger partial charge on any atom is 0.406 e. The SMILES string of the molecule is CC1CCN2C(=O)N(CC(F)(F)F)C(=O)C12. The summed E-state index contributed by atoms with van der Waals surface area (Å²) in [5.74, 6) is -0.776. The van der Waals surface area contributed by atoms with Crippen molar-refractivity contribution in [1.29, 1.82) is 0 Å². The van der Waals surface area contributed by atoms with Crippen LogP contribution in [0.1, 0.15) is 13.3 Å². The number of amides is 3. The third-order valence-electron chi connectivity index (χ3n) is 3.03. The Morgan fingerprint density at radius 2 is 2.00 bits per heavy atom. The van der Waals surface area contributed by atoms with Crippen molar-refractivity contribution in [3.63, 3.8) is 0 Å². The highest BCUT2D eigenvalue weighted by atomic mass is 19.4. The van der Waals surface area contributed by atoms with Crippen LogP contribution in [0.15, 0.2) is 0 Å².